The second-order valence-electron chi connectivity index (χ2n) is 3.37. The summed E-state index contributed by atoms with van der Waals surface area (Å²) in [5.74, 6) is 0.650. The average Bonchev–Trinajstić information content (AvgIpc) is 2.36. The van der Waals surface area contributed by atoms with E-state index in [-0.39, 0.29) is 0 Å². The Morgan fingerprint density at radius 2 is 2.19 bits per heavy atom. The summed E-state index contributed by atoms with van der Waals surface area (Å²) >= 11 is 0. The van der Waals surface area contributed by atoms with Gasteiger partial charge >= 0.3 is 5.97 Å². The molecule has 1 aromatic carbocycles. The van der Waals surface area contributed by atoms with Crippen molar-refractivity contribution in [3.8, 4) is 11.5 Å². The Labute approximate surface area is 93.1 Å². The molecule has 1 aliphatic rings. The van der Waals surface area contributed by atoms with Crippen molar-refractivity contribution >= 4 is 5.97 Å². The van der Waals surface area contributed by atoms with Gasteiger partial charge in [0.1, 0.15) is 19.3 Å². The predicted molar refractivity (Wildman–Crippen MR) is 56.4 cm³/mol. The largest absolute Gasteiger partial charge is 0.486 e. The van der Waals surface area contributed by atoms with Crippen molar-refractivity contribution in [1.29, 1.82) is 0 Å². The van der Waals surface area contributed by atoms with E-state index in [2.05, 4.69) is 4.74 Å². The lowest BCUT2D eigenvalue weighted by molar-refractivity contribution is -0.142. The maximum atomic E-state index is 11.4. The van der Waals surface area contributed by atoms with E-state index in [4.69, 9.17) is 15.2 Å². The average molecular weight is 223 g/mol. The van der Waals surface area contributed by atoms with Gasteiger partial charge in [-0.25, -0.2) is 0 Å². The van der Waals surface area contributed by atoms with Crippen LogP contribution in [0.2, 0.25) is 0 Å². The molecule has 0 fully saturated rings. The summed E-state index contributed by atoms with van der Waals surface area (Å²) in [7, 11) is 1.30. The molecule has 1 aromatic rings. The standard InChI is InChI=1S/C11H13NO4/c1-14-11(13)9(12)7-3-2-4-8-10(7)16-6-5-15-8/h2-4,9H,5-6,12H2,1H3. The Hall–Kier alpha value is -1.75. The Morgan fingerprint density at radius 3 is 2.94 bits per heavy atom. The van der Waals surface area contributed by atoms with E-state index >= 15 is 0 Å². The minimum Gasteiger partial charge on any atom is -0.486 e. The zero-order valence-electron chi connectivity index (χ0n) is 8.93. The van der Waals surface area contributed by atoms with Gasteiger partial charge < -0.3 is 19.9 Å². The molecule has 2 rings (SSSR count). The van der Waals surface area contributed by atoms with Gasteiger partial charge in [-0.1, -0.05) is 12.1 Å². The highest BCUT2D eigenvalue weighted by atomic mass is 16.6. The summed E-state index contributed by atoms with van der Waals surface area (Å²) in [5.41, 5.74) is 6.35. The Kier molecular flexibility index (Phi) is 2.96. The molecular formula is C11H13NO4. The summed E-state index contributed by atoms with van der Waals surface area (Å²) in [6, 6.07) is 4.43. The molecule has 5 heteroatoms. The Balaban J connectivity index is 2.37. The van der Waals surface area contributed by atoms with Crippen molar-refractivity contribution in [2.75, 3.05) is 20.3 Å². The highest BCUT2D eigenvalue weighted by molar-refractivity contribution is 5.78. The van der Waals surface area contributed by atoms with Gasteiger partial charge in [0.05, 0.1) is 7.11 Å². The Bertz CT molecular complexity index is 405. The van der Waals surface area contributed by atoms with Crippen LogP contribution in [0, 0.1) is 0 Å². The van der Waals surface area contributed by atoms with Crippen LogP contribution < -0.4 is 15.2 Å². The third-order valence-corrected chi connectivity index (χ3v) is 2.39. The highest BCUT2D eigenvalue weighted by Crippen LogP contribution is 2.36. The summed E-state index contributed by atoms with van der Waals surface area (Å²) in [6.07, 6.45) is 0. The first kappa shape index (κ1) is 10.8. The third-order valence-electron chi connectivity index (χ3n) is 2.39. The second-order valence-corrected chi connectivity index (χ2v) is 3.37. The first-order valence-corrected chi connectivity index (χ1v) is 4.96. The molecule has 86 valence electrons. The van der Waals surface area contributed by atoms with Crippen molar-refractivity contribution in [2.45, 2.75) is 6.04 Å². The third kappa shape index (κ3) is 1.81. The van der Waals surface area contributed by atoms with Gasteiger partial charge in [0, 0.05) is 5.56 Å². The van der Waals surface area contributed by atoms with Crippen LogP contribution in [-0.2, 0) is 9.53 Å². The molecule has 1 heterocycles. The SMILES string of the molecule is COC(=O)C(N)c1cccc2c1OCCO2. The van der Waals surface area contributed by atoms with Gasteiger partial charge in [-0.15, -0.1) is 0 Å². The fourth-order valence-corrected chi connectivity index (χ4v) is 1.60. The number of carbonyl (C=O) groups excluding carboxylic acids is 1. The molecule has 1 atom stereocenters. The number of ether oxygens (including phenoxy) is 3. The number of carbonyl (C=O) groups is 1. The van der Waals surface area contributed by atoms with E-state index in [0.29, 0.717) is 30.3 Å². The molecule has 0 aliphatic carbocycles. The van der Waals surface area contributed by atoms with Gasteiger partial charge in [0.15, 0.2) is 11.5 Å². The molecule has 0 bridgehead atoms. The number of para-hydroxylation sites is 1. The lowest BCUT2D eigenvalue weighted by Gasteiger charge is -2.22. The van der Waals surface area contributed by atoms with Gasteiger partial charge in [0.25, 0.3) is 0 Å². The number of benzene rings is 1. The van der Waals surface area contributed by atoms with Crippen molar-refractivity contribution in [3.05, 3.63) is 23.8 Å². The van der Waals surface area contributed by atoms with E-state index in [9.17, 15) is 4.79 Å². The number of esters is 1. The normalized spacial score (nSPS) is 15.4. The van der Waals surface area contributed by atoms with Crippen LogP contribution >= 0.6 is 0 Å². The predicted octanol–water partition coefficient (Wildman–Crippen LogP) is 0.631. The molecule has 0 saturated heterocycles. The van der Waals surface area contributed by atoms with E-state index < -0.39 is 12.0 Å². The van der Waals surface area contributed by atoms with E-state index in [1.54, 1.807) is 18.2 Å². The minimum atomic E-state index is -0.846. The Morgan fingerprint density at radius 1 is 1.44 bits per heavy atom. The highest BCUT2D eigenvalue weighted by Gasteiger charge is 2.24. The monoisotopic (exact) mass is 223 g/mol. The van der Waals surface area contributed by atoms with Crippen LogP contribution in [-0.4, -0.2) is 26.3 Å². The molecule has 1 aliphatic heterocycles. The molecule has 1 unspecified atom stereocenters. The first-order valence-electron chi connectivity index (χ1n) is 4.96. The van der Waals surface area contributed by atoms with Crippen molar-refractivity contribution in [3.63, 3.8) is 0 Å². The van der Waals surface area contributed by atoms with Crippen LogP contribution in [0.15, 0.2) is 18.2 Å². The molecule has 5 nitrogen and oxygen atoms in total. The number of hydrogen-bond donors (Lipinski definition) is 1. The number of methoxy groups -OCH3 is 1. The summed E-state index contributed by atoms with van der Waals surface area (Å²) in [6.45, 7) is 0.960. The number of hydrogen-bond acceptors (Lipinski definition) is 5. The van der Waals surface area contributed by atoms with Crippen LogP contribution in [0.4, 0.5) is 0 Å². The first-order chi connectivity index (χ1) is 7.74. The van der Waals surface area contributed by atoms with E-state index in [1.165, 1.54) is 7.11 Å². The number of fused-ring (bicyclic) bond motifs is 1. The van der Waals surface area contributed by atoms with Crippen LogP contribution in [0.1, 0.15) is 11.6 Å². The molecule has 16 heavy (non-hydrogen) atoms. The lowest BCUT2D eigenvalue weighted by atomic mass is 10.1. The number of nitrogens with two attached hydrogens (primary N) is 1. The maximum absolute atomic E-state index is 11.4. The van der Waals surface area contributed by atoms with E-state index in [0.717, 1.165) is 0 Å². The van der Waals surface area contributed by atoms with Crippen LogP contribution in [0.25, 0.3) is 0 Å². The summed E-state index contributed by atoms with van der Waals surface area (Å²) in [5, 5.41) is 0. The van der Waals surface area contributed by atoms with Crippen LogP contribution in [0.5, 0.6) is 11.5 Å². The van der Waals surface area contributed by atoms with Crippen LogP contribution in [0.3, 0.4) is 0 Å². The molecule has 0 amide bonds. The fourth-order valence-electron chi connectivity index (χ4n) is 1.60. The van der Waals surface area contributed by atoms with Gasteiger partial charge in [-0.2, -0.15) is 0 Å². The smallest absolute Gasteiger partial charge is 0.327 e. The molecular weight excluding hydrogens is 210 g/mol. The summed E-state index contributed by atoms with van der Waals surface area (Å²) in [4.78, 5) is 11.4. The van der Waals surface area contributed by atoms with Gasteiger partial charge in [-0.05, 0) is 6.07 Å². The molecule has 0 saturated carbocycles. The maximum Gasteiger partial charge on any atom is 0.327 e. The topological polar surface area (TPSA) is 70.8 Å². The molecule has 0 spiro atoms. The fraction of sp³-hybridized carbons (Fsp3) is 0.364. The van der Waals surface area contributed by atoms with Crippen molar-refractivity contribution < 1.29 is 19.0 Å². The van der Waals surface area contributed by atoms with Crippen molar-refractivity contribution in [1.82, 2.24) is 0 Å². The zero-order chi connectivity index (χ0) is 11.5. The number of rotatable bonds is 2. The van der Waals surface area contributed by atoms with Gasteiger partial charge in [-0.3, -0.25) is 4.79 Å². The second kappa shape index (κ2) is 4.40. The quantitative estimate of drug-likeness (QED) is 0.744. The molecule has 0 radical (unpaired) electrons. The van der Waals surface area contributed by atoms with E-state index in [1.807, 2.05) is 0 Å². The van der Waals surface area contributed by atoms with Gasteiger partial charge in [0.2, 0.25) is 0 Å². The summed E-state index contributed by atoms with van der Waals surface area (Å²) < 4.78 is 15.4. The minimum absolute atomic E-state index is 0.456. The zero-order valence-corrected chi connectivity index (χ0v) is 8.93. The van der Waals surface area contributed by atoms with Crippen molar-refractivity contribution in [2.24, 2.45) is 5.73 Å². The molecule has 2 N–H and O–H groups in total. The lowest BCUT2D eigenvalue weighted by Crippen LogP contribution is -2.25. The molecule has 0 aromatic heterocycles.